The number of hydrogen-bond acceptors (Lipinski definition) is 6. The van der Waals surface area contributed by atoms with Crippen molar-refractivity contribution in [2.75, 3.05) is 46.1 Å². The molecule has 16 heavy (non-hydrogen) atoms. The Kier molecular flexibility index (Phi) is 7.32. The summed E-state index contributed by atoms with van der Waals surface area (Å²) >= 11 is 0. The first-order valence-electron chi connectivity index (χ1n) is 5.41. The van der Waals surface area contributed by atoms with Crippen LogP contribution < -0.4 is 5.43 Å². The van der Waals surface area contributed by atoms with Crippen LogP contribution in [0.4, 0.5) is 0 Å². The van der Waals surface area contributed by atoms with Crippen molar-refractivity contribution in [3.8, 4) is 0 Å². The first-order chi connectivity index (χ1) is 7.83. The van der Waals surface area contributed by atoms with Gasteiger partial charge >= 0.3 is 0 Å². The van der Waals surface area contributed by atoms with Crippen LogP contribution in [0.25, 0.3) is 0 Å². The summed E-state index contributed by atoms with van der Waals surface area (Å²) < 4.78 is 15.4. The van der Waals surface area contributed by atoms with Crippen LogP contribution in [0.5, 0.6) is 0 Å². The standard InChI is InChI=1S/C10H20N2O4/c1-2-5-14-6-3-11-12(13)4-7-15-8-10-9-16-10/h2,10-11,13H,1,3-9H2. The molecule has 1 heterocycles. The molecule has 0 saturated carbocycles. The minimum Gasteiger partial charge on any atom is -0.377 e. The van der Waals surface area contributed by atoms with Crippen LogP contribution >= 0.6 is 0 Å². The Balaban J connectivity index is 1.78. The lowest BCUT2D eigenvalue weighted by Crippen LogP contribution is -2.39. The molecule has 0 aromatic carbocycles. The Morgan fingerprint density at radius 2 is 2.31 bits per heavy atom. The number of ether oxygens (including phenoxy) is 3. The third-order valence-electron chi connectivity index (χ3n) is 1.93. The zero-order valence-electron chi connectivity index (χ0n) is 9.43. The fraction of sp³-hybridized carbons (Fsp3) is 0.800. The van der Waals surface area contributed by atoms with Gasteiger partial charge in [0.2, 0.25) is 0 Å². The van der Waals surface area contributed by atoms with Crippen molar-refractivity contribution < 1.29 is 19.4 Å². The van der Waals surface area contributed by atoms with Gasteiger partial charge in [-0.25, -0.2) is 5.43 Å². The normalized spacial score (nSPS) is 19.0. The fourth-order valence-electron chi connectivity index (χ4n) is 1.02. The maximum atomic E-state index is 9.32. The van der Waals surface area contributed by atoms with Crippen LogP contribution in [0.2, 0.25) is 0 Å². The fourth-order valence-corrected chi connectivity index (χ4v) is 1.02. The minimum atomic E-state index is 0.271. The van der Waals surface area contributed by atoms with Crippen molar-refractivity contribution in [1.82, 2.24) is 10.6 Å². The van der Waals surface area contributed by atoms with E-state index in [-0.39, 0.29) is 6.10 Å². The van der Waals surface area contributed by atoms with Crippen LogP contribution in [0, 0.1) is 0 Å². The van der Waals surface area contributed by atoms with Gasteiger partial charge in [0.05, 0.1) is 39.6 Å². The van der Waals surface area contributed by atoms with Crippen LogP contribution in [0.3, 0.4) is 0 Å². The maximum Gasteiger partial charge on any atom is 0.104 e. The van der Waals surface area contributed by atoms with E-state index in [4.69, 9.17) is 14.2 Å². The molecule has 0 spiro atoms. The molecule has 2 N–H and O–H groups in total. The Morgan fingerprint density at radius 3 is 3.00 bits per heavy atom. The average Bonchev–Trinajstić information content (AvgIpc) is 3.08. The van der Waals surface area contributed by atoms with Gasteiger partial charge in [0.25, 0.3) is 0 Å². The molecule has 0 aromatic rings. The zero-order valence-corrected chi connectivity index (χ0v) is 9.43. The van der Waals surface area contributed by atoms with Gasteiger partial charge in [-0.05, 0) is 0 Å². The van der Waals surface area contributed by atoms with Gasteiger partial charge in [-0.3, -0.25) is 5.21 Å². The van der Waals surface area contributed by atoms with Crippen molar-refractivity contribution in [2.45, 2.75) is 6.10 Å². The molecule has 1 fully saturated rings. The quantitative estimate of drug-likeness (QED) is 0.223. The first kappa shape index (κ1) is 13.6. The molecule has 0 amide bonds. The Hall–Kier alpha value is -0.500. The molecule has 1 aliphatic rings. The highest BCUT2D eigenvalue weighted by atomic mass is 16.6. The van der Waals surface area contributed by atoms with E-state index in [2.05, 4.69) is 12.0 Å². The number of hydrogen-bond donors (Lipinski definition) is 2. The predicted molar refractivity (Wildman–Crippen MR) is 58.1 cm³/mol. The molecule has 6 nitrogen and oxygen atoms in total. The highest BCUT2D eigenvalue weighted by molar-refractivity contribution is 4.67. The van der Waals surface area contributed by atoms with Crippen LogP contribution in [-0.2, 0) is 14.2 Å². The lowest BCUT2D eigenvalue weighted by Gasteiger charge is -2.15. The van der Waals surface area contributed by atoms with E-state index in [1.165, 1.54) is 0 Å². The van der Waals surface area contributed by atoms with Gasteiger partial charge in [0, 0.05) is 6.54 Å². The largest absolute Gasteiger partial charge is 0.377 e. The molecule has 0 aromatic heterocycles. The summed E-state index contributed by atoms with van der Waals surface area (Å²) in [6.07, 6.45) is 1.96. The number of epoxide rings is 1. The Labute approximate surface area is 95.7 Å². The zero-order chi connectivity index (χ0) is 11.6. The van der Waals surface area contributed by atoms with Crippen LogP contribution in [-0.4, -0.2) is 62.6 Å². The average molecular weight is 232 g/mol. The van der Waals surface area contributed by atoms with Crippen molar-refractivity contribution in [2.24, 2.45) is 0 Å². The van der Waals surface area contributed by atoms with Gasteiger partial charge in [0.15, 0.2) is 0 Å². The number of nitrogens with zero attached hydrogens (tertiary/aromatic N) is 1. The highest BCUT2D eigenvalue weighted by Crippen LogP contribution is 2.07. The molecular weight excluding hydrogens is 212 g/mol. The predicted octanol–water partition coefficient (Wildman–Crippen LogP) is -0.200. The van der Waals surface area contributed by atoms with Gasteiger partial charge in [-0.1, -0.05) is 6.08 Å². The molecule has 1 rings (SSSR count). The summed E-state index contributed by atoms with van der Waals surface area (Å²) in [5.74, 6) is 0. The summed E-state index contributed by atoms with van der Waals surface area (Å²) in [5, 5.41) is 10.3. The number of nitrogens with one attached hydrogen (secondary N) is 1. The smallest absolute Gasteiger partial charge is 0.104 e. The van der Waals surface area contributed by atoms with Crippen molar-refractivity contribution in [3.63, 3.8) is 0 Å². The van der Waals surface area contributed by atoms with E-state index < -0.39 is 0 Å². The van der Waals surface area contributed by atoms with E-state index in [1.807, 2.05) is 0 Å². The van der Waals surface area contributed by atoms with Crippen molar-refractivity contribution >= 4 is 0 Å². The third-order valence-corrected chi connectivity index (χ3v) is 1.93. The molecule has 1 saturated heterocycles. The highest BCUT2D eigenvalue weighted by Gasteiger charge is 2.22. The summed E-state index contributed by atoms with van der Waals surface area (Å²) in [6, 6.07) is 0. The van der Waals surface area contributed by atoms with Crippen LogP contribution in [0.15, 0.2) is 12.7 Å². The van der Waals surface area contributed by atoms with E-state index in [0.717, 1.165) is 11.8 Å². The van der Waals surface area contributed by atoms with Gasteiger partial charge in [0.1, 0.15) is 6.10 Å². The summed E-state index contributed by atoms with van der Waals surface area (Å²) in [5.41, 5.74) is 2.76. The van der Waals surface area contributed by atoms with E-state index in [1.54, 1.807) is 6.08 Å². The first-order valence-corrected chi connectivity index (χ1v) is 5.41. The monoisotopic (exact) mass is 232 g/mol. The topological polar surface area (TPSA) is 66.5 Å². The Bertz CT molecular complexity index is 188. The Morgan fingerprint density at radius 1 is 1.50 bits per heavy atom. The molecular formula is C10H20N2O4. The third kappa shape index (κ3) is 7.75. The lowest BCUT2D eigenvalue weighted by atomic mass is 10.5. The molecule has 0 radical (unpaired) electrons. The minimum absolute atomic E-state index is 0.271. The molecule has 0 bridgehead atoms. The molecule has 1 atom stereocenters. The second kappa shape index (κ2) is 8.63. The molecule has 1 aliphatic heterocycles. The van der Waals surface area contributed by atoms with Gasteiger partial charge < -0.3 is 14.2 Å². The van der Waals surface area contributed by atoms with Crippen molar-refractivity contribution in [3.05, 3.63) is 12.7 Å². The maximum absolute atomic E-state index is 9.32. The molecule has 1 unspecified atom stereocenters. The molecule has 94 valence electrons. The van der Waals surface area contributed by atoms with Crippen LogP contribution in [0.1, 0.15) is 0 Å². The molecule has 6 heteroatoms. The second-order valence-corrected chi connectivity index (χ2v) is 3.43. The van der Waals surface area contributed by atoms with E-state index in [9.17, 15) is 5.21 Å². The second-order valence-electron chi connectivity index (χ2n) is 3.43. The van der Waals surface area contributed by atoms with Gasteiger partial charge in [-0.2, -0.15) is 0 Å². The van der Waals surface area contributed by atoms with Gasteiger partial charge in [-0.15, -0.1) is 11.8 Å². The summed E-state index contributed by atoms with van der Waals surface area (Å²) in [7, 11) is 0. The SMILES string of the molecule is C=CCOCCNN(O)CCOCC1CO1. The van der Waals surface area contributed by atoms with Crippen molar-refractivity contribution in [1.29, 1.82) is 0 Å². The van der Waals surface area contributed by atoms with E-state index >= 15 is 0 Å². The van der Waals surface area contributed by atoms with E-state index in [0.29, 0.717) is 39.5 Å². The summed E-state index contributed by atoms with van der Waals surface area (Å²) in [4.78, 5) is 0. The summed E-state index contributed by atoms with van der Waals surface area (Å²) in [6.45, 7) is 7.42. The number of rotatable bonds is 11. The number of hydrazine groups is 1. The number of hydroxylamine groups is 1. The lowest BCUT2D eigenvalue weighted by molar-refractivity contribution is -0.149. The molecule has 0 aliphatic carbocycles.